The molecule has 9 nitrogen and oxygen atoms in total. The summed E-state index contributed by atoms with van der Waals surface area (Å²) in [4.78, 5) is 37.7. The summed E-state index contributed by atoms with van der Waals surface area (Å²) in [6, 6.07) is 0. The van der Waals surface area contributed by atoms with Gasteiger partial charge in [0.2, 0.25) is 0 Å². The number of likely N-dealkylation sites (N-methyl/N-ethyl adjacent to an activating group) is 1. The van der Waals surface area contributed by atoms with Gasteiger partial charge in [0.1, 0.15) is 19.8 Å². The molecule has 10 heteroatoms. The van der Waals surface area contributed by atoms with E-state index in [2.05, 4.69) is 13.8 Å². The van der Waals surface area contributed by atoms with E-state index >= 15 is 0 Å². The molecule has 0 bridgehead atoms. The highest BCUT2D eigenvalue weighted by atomic mass is 31.2. The van der Waals surface area contributed by atoms with E-state index in [0.717, 1.165) is 32.1 Å². The van der Waals surface area contributed by atoms with Crippen LogP contribution in [0.2, 0.25) is 0 Å². The van der Waals surface area contributed by atoms with Crippen LogP contribution >= 0.6 is 7.82 Å². The van der Waals surface area contributed by atoms with E-state index in [1.165, 1.54) is 283 Å². The van der Waals surface area contributed by atoms with E-state index in [-0.39, 0.29) is 32.0 Å². The lowest BCUT2D eigenvalue weighted by Gasteiger charge is -2.28. The summed E-state index contributed by atoms with van der Waals surface area (Å²) in [6.45, 7) is 4.27. The van der Waals surface area contributed by atoms with E-state index < -0.39 is 26.5 Å². The van der Waals surface area contributed by atoms with Gasteiger partial charge in [-0.05, 0) is 12.8 Å². The van der Waals surface area contributed by atoms with Crippen molar-refractivity contribution in [2.75, 3.05) is 47.5 Å². The average molecular weight is 1070 g/mol. The molecule has 0 aliphatic heterocycles. The van der Waals surface area contributed by atoms with Crippen molar-refractivity contribution in [2.24, 2.45) is 0 Å². The summed E-state index contributed by atoms with van der Waals surface area (Å²) >= 11 is 0. The van der Waals surface area contributed by atoms with Crippen LogP contribution in [0.3, 0.4) is 0 Å². The van der Waals surface area contributed by atoms with Gasteiger partial charge < -0.3 is 27.9 Å². The Hall–Kier alpha value is -0.990. The number of rotatable bonds is 62. The first kappa shape index (κ1) is 73.0. The second kappa shape index (κ2) is 56.7. The zero-order valence-corrected chi connectivity index (χ0v) is 51.2. The molecule has 0 aromatic heterocycles. The third-order valence-electron chi connectivity index (χ3n) is 15.1. The monoisotopic (exact) mass is 1070 g/mol. The number of esters is 2. The minimum absolute atomic E-state index is 0.0255. The summed E-state index contributed by atoms with van der Waals surface area (Å²) in [5.41, 5.74) is 0. The van der Waals surface area contributed by atoms with Crippen LogP contribution in [0.1, 0.15) is 348 Å². The second-order valence-corrected chi connectivity index (χ2v) is 25.3. The highest BCUT2D eigenvalue weighted by Gasteiger charge is 2.22. The average Bonchev–Trinajstić information content (AvgIpc) is 3.36. The molecule has 0 aromatic rings. The molecule has 74 heavy (non-hydrogen) atoms. The zero-order chi connectivity index (χ0) is 54.2. The topological polar surface area (TPSA) is 111 Å². The van der Waals surface area contributed by atoms with Gasteiger partial charge in [-0.1, -0.05) is 322 Å². The van der Waals surface area contributed by atoms with Gasteiger partial charge in [-0.2, -0.15) is 0 Å². The molecule has 0 spiro atoms. The fourth-order valence-electron chi connectivity index (χ4n) is 10.1. The summed E-state index contributed by atoms with van der Waals surface area (Å²) < 4.78 is 34.0. The molecule has 2 atom stereocenters. The molecular formula is C64H128NO8P. The van der Waals surface area contributed by atoms with Crippen LogP contribution in [-0.4, -0.2) is 70.0 Å². The number of hydrogen-bond acceptors (Lipinski definition) is 8. The van der Waals surface area contributed by atoms with Crippen LogP contribution in [-0.2, 0) is 32.7 Å². The first-order chi connectivity index (χ1) is 36.0. The number of unbranched alkanes of at least 4 members (excludes halogenated alkanes) is 48. The SMILES string of the molecule is CCCCCCCCCCCCCCCCCCCCCCCCCCCCCCCCCCCCCCCCCCCC(=O)OC(COC(=O)CCCCCCCCCCC)COP(=O)([O-])OCC[N+](C)(C)C. The molecule has 0 aromatic carbocycles. The van der Waals surface area contributed by atoms with E-state index in [0.29, 0.717) is 17.4 Å². The Balaban J connectivity index is 3.72. The Morgan fingerprint density at radius 2 is 0.608 bits per heavy atom. The number of carbonyl (C=O) groups is 2. The van der Waals surface area contributed by atoms with Crippen LogP contribution in [0.15, 0.2) is 0 Å². The van der Waals surface area contributed by atoms with Crippen molar-refractivity contribution in [1.29, 1.82) is 0 Å². The van der Waals surface area contributed by atoms with E-state index in [9.17, 15) is 19.0 Å². The number of phosphoric acid groups is 1. The standard InChI is InChI=1S/C64H128NO8P/c1-6-8-10-12-14-16-17-18-19-20-21-22-23-24-25-26-27-28-29-30-31-32-33-34-35-36-37-38-39-40-41-42-43-44-45-46-47-49-51-53-55-57-64(67)73-62(61-72-74(68,69)71-59-58-65(3,4)5)60-70-63(66)56-54-52-50-48-15-13-11-9-7-2/h62H,6-61H2,1-5H3. The van der Waals surface area contributed by atoms with Crippen molar-refractivity contribution in [3.63, 3.8) is 0 Å². The molecule has 0 fully saturated rings. The summed E-state index contributed by atoms with van der Waals surface area (Å²) in [7, 11) is 1.19. The Morgan fingerprint density at radius 1 is 0.365 bits per heavy atom. The van der Waals surface area contributed by atoms with Crippen molar-refractivity contribution in [2.45, 2.75) is 354 Å². The Bertz CT molecular complexity index is 1210. The van der Waals surface area contributed by atoms with Crippen molar-refractivity contribution >= 4 is 19.8 Å². The molecule has 0 saturated carbocycles. The molecule has 442 valence electrons. The van der Waals surface area contributed by atoms with E-state index in [4.69, 9.17) is 18.5 Å². The zero-order valence-electron chi connectivity index (χ0n) is 50.3. The Morgan fingerprint density at radius 3 is 0.865 bits per heavy atom. The maximum Gasteiger partial charge on any atom is 0.306 e. The predicted molar refractivity (Wildman–Crippen MR) is 315 cm³/mol. The molecular weight excluding hydrogens is 942 g/mol. The summed E-state index contributed by atoms with van der Waals surface area (Å²) in [5, 5.41) is 0. The van der Waals surface area contributed by atoms with Gasteiger partial charge in [0, 0.05) is 12.8 Å². The Kier molecular flexibility index (Phi) is 56.0. The summed E-state index contributed by atoms with van der Waals surface area (Å²) in [6.07, 6.45) is 66.6. The number of quaternary nitrogens is 1. The lowest BCUT2D eigenvalue weighted by molar-refractivity contribution is -0.870. The van der Waals surface area contributed by atoms with Crippen LogP contribution in [0.5, 0.6) is 0 Å². The number of phosphoric ester groups is 1. The maximum atomic E-state index is 12.8. The highest BCUT2D eigenvalue weighted by Crippen LogP contribution is 2.38. The van der Waals surface area contributed by atoms with Crippen LogP contribution in [0.4, 0.5) is 0 Å². The van der Waals surface area contributed by atoms with Gasteiger partial charge in [-0.3, -0.25) is 14.2 Å². The van der Waals surface area contributed by atoms with E-state index in [1.807, 2.05) is 21.1 Å². The maximum absolute atomic E-state index is 12.8. The molecule has 0 rings (SSSR count). The third kappa shape index (κ3) is 60.2. The predicted octanol–water partition coefficient (Wildman–Crippen LogP) is 20.0. The third-order valence-corrected chi connectivity index (χ3v) is 16.1. The highest BCUT2D eigenvalue weighted by molar-refractivity contribution is 7.45. The number of hydrogen-bond donors (Lipinski definition) is 0. The number of carbonyl (C=O) groups excluding carboxylic acids is 2. The molecule has 0 saturated heterocycles. The number of nitrogens with zero attached hydrogens (tertiary/aromatic N) is 1. The minimum Gasteiger partial charge on any atom is -0.756 e. The van der Waals surface area contributed by atoms with Crippen LogP contribution in [0, 0.1) is 0 Å². The van der Waals surface area contributed by atoms with Gasteiger partial charge in [0.25, 0.3) is 7.82 Å². The van der Waals surface area contributed by atoms with Gasteiger partial charge in [0.15, 0.2) is 6.10 Å². The molecule has 0 aliphatic carbocycles. The lowest BCUT2D eigenvalue weighted by Crippen LogP contribution is -2.37. The van der Waals surface area contributed by atoms with Crippen molar-refractivity contribution in [3.8, 4) is 0 Å². The molecule has 0 radical (unpaired) electrons. The second-order valence-electron chi connectivity index (χ2n) is 23.9. The van der Waals surface area contributed by atoms with Gasteiger partial charge in [-0.15, -0.1) is 0 Å². The van der Waals surface area contributed by atoms with Crippen LogP contribution < -0.4 is 4.89 Å². The van der Waals surface area contributed by atoms with Gasteiger partial charge in [0.05, 0.1) is 27.7 Å². The largest absolute Gasteiger partial charge is 0.756 e. The normalized spacial score (nSPS) is 13.1. The van der Waals surface area contributed by atoms with Crippen molar-refractivity contribution in [1.82, 2.24) is 0 Å². The molecule has 0 heterocycles. The first-order valence-corrected chi connectivity index (χ1v) is 34.2. The first-order valence-electron chi connectivity index (χ1n) is 32.7. The van der Waals surface area contributed by atoms with E-state index in [1.54, 1.807) is 0 Å². The molecule has 2 unspecified atom stereocenters. The van der Waals surface area contributed by atoms with Crippen LogP contribution in [0.25, 0.3) is 0 Å². The summed E-state index contributed by atoms with van der Waals surface area (Å²) in [5.74, 6) is -0.817. The molecule has 0 amide bonds. The fraction of sp³-hybridized carbons (Fsp3) is 0.969. The van der Waals surface area contributed by atoms with Crippen molar-refractivity contribution < 1.29 is 42.1 Å². The van der Waals surface area contributed by atoms with Gasteiger partial charge in [-0.25, -0.2) is 0 Å². The Labute approximate surface area is 461 Å². The smallest absolute Gasteiger partial charge is 0.306 e. The quantitative estimate of drug-likeness (QED) is 0.0256. The number of ether oxygens (including phenoxy) is 2. The minimum atomic E-state index is -4.62. The fourth-order valence-corrected chi connectivity index (χ4v) is 10.8. The van der Waals surface area contributed by atoms with Crippen molar-refractivity contribution in [3.05, 3.63) is 0 Å². The van der Waals surface area contributed by atoms with Gasteiger partial charge >= 0.3 is 11.9 Å². The lowest BCUT2D eigenvalue weighted by atomic mass is 10.0. The molecule has 0 aliphatic rings. The molecule has 0 N–H and O–H groups in total.